The van der Waals surface area contributed by atoms with Gasteiger partial charge in [0.1, 0.15) is 15.9 Å². The number of likely N-dealkylation sites (N-methyl/N-ethyl adjacent to an activating group) is 1. The average Bonchev–Trinajstić information content (AvgIpc) is 2.70. The van der Waals surface area contributed by atoms with E-state index in [-0.39, 0.29) is 0 Å². The fraction of sp³-hybridized carbons (Fsp3) is 0.500. The summed E-state index contributed by atoms with van der Waals surface area (Å²) in [5.41, 5.74) is 0.807. The summed E-state index contributed by atoms with van der Waals surface area (Å²) in [5, 5.41) is 0. The number of methoxy groups -OCH3 is 1. The Hall–Kier alpha value is -0.600. The summed E-state index contributed by atoms with van der Waals surface area (Å²) < 4.78 is 32.0. The molecule has 0 aliphatic carbocycles. The molecule has 1 aliphatic rings. The summed E-state index contributed by atoms with van der Waals surface area (Å²) >= 11 is 6.97. The van der Waals surface area contributed by atoms with Crippen LogP contribution in [-0.4, -0.2) is 43.5 Å². The topological polar surface area (TPSA) is 59.0 Å². The molecule has 1 aliphatic heterocycles. The van der Waals surface area contributed by atoms with Gasteiger partial charge in [-0.3, -0.25) is 0 Å². The van der Waals surface area contributed by atoms with E-state index in [1.807, 2.05) is 43.0 Å². The van der Waals surface area contributed by atoms with Gasteiger partial charge in [0.2, 0.25) is 0 Å². The van der Waals surface area contributed by atoms with Crippen LogP contribution in [0.5, 0.6) is 5.75 Å². The number of hydrogen-bond donors (Lipinski definition) is 0. The maximum Gasteiger partial charge on any atom is 0.269 e. The minimum atomic E-state index is -3.63. The number of nitrogens with zero attached hydrogens (tertiary/aromatic N) is 2. The van der Waals surface area contributed by atoms with E-state index in [9.17, 15) is 8.42 Å². The lowest BCUT2D eigenvalue weighted by atomic mass is 9.98. The van der Waals surface area contributed by atoms with Crippen LogP contribution in [0.3, 0.4) is 0 Å². The first-order chi connectivity index (χ1) is 10.3. The van der Waals surface area contributed by atoms with Crippen LogP contribution in [0, 0.1) is 0 Å². The number of halogens is 2. The Labute approximate surface area is 148 Å². The predicted octanol–water partition coefficient (Wildman–Crippen LogP) is 3.09. The van der Waals surface area contributed by atoms with Gasteiger partial charge in [-0.25, -0.2) is 8.42 Å². The maximum absolute atomic E-state index is 12.3. The average molecular weight is 454 g/mol. The van der Waals surface area contributed by atoms with Gasteiger partial charge < -0.3 is 9.64 Å². The second-order valence-electron chi connectivity index (χ2n) is 4.86. The van der Waals surface area contributed by atoms with E-state index in [0.717, 1.165) is 5.56 Å². The lowest BCUT2D eigenvalue weighted by Crippen LogP contribution is -2.45. The van der Waals surface area contributed by atoms with E-state index in [1.54, 1.807) is 7.11 Å². The molecular weight excluding hydrogens is 436 g/mol. The molecule has 0 saturated carbocycles. The minimum Gasteiger partial charge on any atom is -0.497 e. The summed E-state index contributed by atoms with van der Waals surface area (Å²) in [6.07, 6.45) is 0. The van der Waals surface area contributed by atoms with E-state index >= 15 is 0 Å². The van der Waals surface area contributed by atoms with Crippen molar-refractivity contribution >= 4 is 47.7 Å². The first-order valence-corrected chi connectivity index (χ1v) is 10.1. The highest BCUT2D eigenvalue weighted by Gasteiger charge is 2.55. The summed E-state index contributed by atoms with van der Waals surface area (Å²) in [7, 11) is -2.03. The Morgan fingerprint density at radius 3 is 2.27 bits per heavy atom. The third-order valence-corrected chi connectivity index (χ3v) is 9.28. The van der Waals surface area contributed by atoms with Gasteiger partial charge in [-0.1, -0.05) is 44.0 Å². The van der Waals surface area contributed by atoms with Gasteiger partial charge >= 0.3 is 0 Å². The third kappa shape index (κ3) is 2.80. The third-order valence-electron chi connectivity index (χ3n) is 3.69. The molecule has 122 valence electrons. The van der Waals surface area contributed by atoms with Gasteiger partial charge in [-0.15, -0.1) is 4.40 Å². The summed E-state index contributed by atoms with van der Waals surface area (Å²) in [4.78, 5) is 1.94. The highest BCUT2D eigenvalue weighted by atomic mass is 79.9. The van der Waals surface area contributed by atoms with Crippen molar-refractivity contribution in [3.63, 3.8) is 0 Å². The van der Waals surface area contributed by atoms with Crippen molar-refractivity contribution in [2.24, 2.45) is 4.40 Å². The molecule has 22 heavy (non-hydrogen) atoms. The maximum atomic E-state index is 12.3. The molecule has 0 saturated heterocycles. The molecule has 2 atom stereocenters. The Kier molecular flexibility index (Phi) is 5.23. The van der Waals surface area contributed by atoms with E-state index in [0.29, 0.717) is 24.7 Å². The highest BCUT2D eigenvalue weighted by Crippen LogP contribution is 2.48. The fourth-order valence-corrected chi connectivity index (χ4v) is 5.84. The van der Waals surface area contributed by atoms with Gasteiger partial charge in [0.25, 0.3) is 10.0 Å². The number of amidine groups is 1. The lowest BCUT2D eigenvalue weighted by molar-refractivity contribution is 0.414. The number of alkyl halides is 2. The Bertz CT molecular complexity index is 672. The normalized spacial score (nSPS) is 26.6. The summed E-state index contributed by atoms with van der Waals surface area (Å²) in [6.45, 7) is 5.30. The van der Waals surface area contributed by atoms with E-state index in [2.05, 4.69) is 36.3 Å². The van der Waals surface area contributed by atoms with Crippen molar-refractivity contribution in [2.45, 2.75) is 22.3 Å². The first-order valence-electron chi connectivity index (χ1n) is 6.88. The zero-order chi connectivity index (χ0) is 16.5. The van der Waals surface area contributed by atoms with Crippen molar-refractivity contribution in [2.75, 3.05) is 20.2 Å². The van der Waals surface area contributed by atoms with Crippen molar-refractivity contribution in [3.05, 3.63) is 29.8 Å². The standard InChI is InChI=1S/C14H18Br2N2O3S/c1-4-18(5-2)13-14(16,12(15)22(19,20)17-13)10-6-8-11(21-3)9-7-10/h6-9,12H,4-5H2,1-3H3. The molecule has 0 aromatic heterocycles. The molecule has 2 unspecified atom stereocenters. The molecule has 0 amide bonds. The molecule has 2 rings (SSSR count). The lowest BCUT2D eigenvalue weighted by Gasteiger charge is -2.33. The number of ether oxygens (including phenoxy) is 1. The smallest absolute Gasteiger partial charge is 0.269 e. The van der Waals surface area contributed by atoms with Crippen LogP contribution in [0.25, 0.3) is 0 Å². The van der Waals surface area contributed by atoms with E-state index < -0.39 is 18.5 Å². The molecule has 1 aromatic rings. The Balaban J connectivity index is 2.59. The van der Waals surface area contributed by atoms with Gasteiger partial charge in [0.15, 0.2) is 4.16 Å². The van der Waals surface area contributed by atoms with Crippen LogP contribution < -0.4 is 4.74 Å². The predicted molar refractivity (Wildman–Crippen MR) is 95.6 cm³/mol. The molecule has 8 heteroatoms. The zero-order valence-corrected chi connectivity index (χ0v) is 16.6. The SMILES string of the molecule is CCN(CC)C1=NS(=O)(=O)C(Br)C1(Br)c1ccc(OC)cc1. The first kappa shape index (κ1) is 17.7. The van der Waals surface area contributed by atoms with Crippen LogP contribution in [-0.2, 0) is 14.3 Å². The molecular formula is C14H18Br2N2O3S. The van der Waals surface area contributed by atoms with Crippen molar-refractivity contribution in [1.29, 1.82) is 0 Å². The monoisotopic (exact) mass is 452 g/mol. The quantitative estimate of drug-likeness (QED) is 0.657. The summed E-state index contributed by atoms with van der Waals surface area (Å²) in [5.74, 6) is 1.22. The number of hydrogen-bond acceptors (Lipinski definition) is 4. The number of sulfonamides is 1. The largest absolute Gasteiger partial charge is 0.497 e. The molecule has 1 heterocycles. The van der Waals surface area contributed by atoms with Crippen molar-refractivity contribution < 1.29 is 13.2 Å². The van der Waals surface area contributed by atoms with Crippen molar-refractivity contribution in [3.8, 4) is 5.75 Å². The Morgan fingerprint density at radius 2 is 1.82 bits per heavy atom. The minimum absolute atomic E-state index is 0.504. The van der Waals surface area contributed by atoms with Gasteiger partial charge in [-0.05, 0) is 31.5 Å². The molecule has 1 aromatic carbocycles. The van der Waals surface area contributed by atoms with E-state index in [1.165, 1.54) is 0 Å². The van der Waals surface area contributed by atoms with Crippen LogP contribution in [0.2, 0.25) is 0 Å². The second-order valence-corrected chi connectivity index (χ2v) is 9.32. The molecule has 0 radical (unpaired) electrons. The van der Waals surface area contributed by atoms with Gasteiger partial charge in [-0.2, -0.15) is 0 Å². The van der Waals surface area contributed by atoms with Crippen LogP contribution in [0.1, 0.15) is 19.4 Å². The Morgan fingerprint density at radius 1 is 1.27 bits per heavy atom. The van der Waals surface area contributed by atoms with E-state index in [4.69, 9.17) is 4.74 Å². The number of rotatable bonds is 4. The second kappa shape index (κ2) is 6.49. The van der Waals surface area contributed by atoms with Crippen LogP contribution in [0.15, 0.2) is 28.7 Å². The zero-order valence-electron chi connectivity index (χ0n) is 12.6. The van der Waals surface area contributed by atoms with Gasteiger partial charge in [0.05, 0.1) is 7.11 Å². The van der Waals surface area contributed by atoms with Crippen LogP contribution >= 0.6 is 31.9 Å². The molecule has 0 bridgehead atoms. The van der Waals surface area contributed by atoms with Gasteiger partial charge in [0, 0.05) is 13.1 Å². The molecule has 0 fully saturated rings. The summed E-state index contributed by atoms with van der Waals surface area (Å²) in [6, 6.07) is 7.31. The molecule has 0 N–H and O–H groups in total. The molecule has 5 nitrogen and oxygen atoms in total. The van der Waals surface area contributed by atoms with Crippen molar-refractivity contribution in [1.82, 2.24) is 4.90 Å². The van der Waals surface area contributed by atoms with Crippen LogP contribution in [0.4, 0.5) is 0 Å². The highest BCUT2D eigenvalue weighted by molar-refractivity contribution is 9.13. The molecule has 0 spiro atoms. The fourth-order valence-electron chi connectivity index (χ4n) is 2.44. The number of benzene rings is 1.